The second-order valence-electron chi connectivity index (χ2n) is 11.9. The fraction of sp³-hybridized carbons (Fsp3) is 0.643. The van der Waals surface area contributed by atoms with E-state index in [-0.39, 0.29) is 18.9 Å². The number of anilines is 1. The Morgan fingerprint density at radius 2 is 1.75 bits per heavy atom. The largest absolute Gasteiger partial charge is 0.480 e. The number of carboxylic acid groups (broad SMARTS) is 1. The number of alkyl carbamates (subject to hydrolysis) is 1. The van der Waals surface area contributed by atoms with Crippen LogP contribution in [0.1, 0.15) is 52.2 Å². The van der Waals surface area contributed by atoms with Crippen molar-refractivity contribution in [2.75, 3.05) is 37.7 Å². The van der Waals surface area contributed by atoms with Crippen molar-refractivity contribution in [3.05, 3.63) is 29.3 Å². The van der Waals surface area contributed by atoms with Gasteiger partial charge in [-0.2, -0.15) is 0 Å². The van der Waals surface area contributed by atoms with Gasteiger partial charge in [0.05, 0.1) is 19.8 Å². The van der Waals surface area contributed by atoms with Gasteiger partial charge < -0.3 is 34.4 Å². The smallest absolute Gasteiger partial charge is 0.410 e. The molecule has 0 spiro atoms. The number of aliphatic carboxylic acids is 1. The van der Waals surface area contributed by atoms with Crippen molar-refractivity contribution in [1.82, 2.24) is 15.1 Å². The van der Waals surface area contributed by atoms with Crippen LogP contribution in [-0.4, -0.2) is 95.6 Å². The van der Waals surface area contributed by atoms with Crippen molar-refractivity contribution in [3.63, 3.8) is 0 Å². The third-order valence-corrected chi connectivity index (χ3v) is 7.25. The molecule has 3 atom stereocenters. The summed E-state index contributed by atoms with van der Waals surface area (Å²) in [5.74, 6) is -2.09. The summed E-state index contributed by atoms with van der Waals surface area (Å²) < 4.78 is 16.4. The maximum Gasteiger partial charge on any atom is 0.410 e. The van der Waals surface area contributed by atoms with Crippen molar-refractivity contribution in [1.29, 1.82) is 0 Å². The highest BCUT2D eigenvalue weighted by atomic mass is 16.6. The number of carbonyl (C=O) groups excluding carboxylic acids is 3. The molecule has 3 aliphatic rings. The highest BCUT2D eigenvalue weighted by molar-refractivity contribution is 5.90. The number of carbonyl (C=O) groups is 4. The van der Waals surface area contributed by atoms with Crippen molar-refractivity contribution in [2.24, 2.45) is 5.92 Å². The molecular weight excluding hydrogens is 520 g/mol. The standard InChI is InChI=1S/C28H40N4O8/c1-17(2)23(29-26(36)40-28(3,4)5)24(33)32-16-21(13-22(32)25(34)35)39-27(37)31-14-18-6-7-20(12-19(18)15-31)30-8-10-38-11-9-30/h6-7,12,17,21-23H,8-11,13-16H2,1-5H3,(H,29,36)(H,34,35)/t21-,22+,23+/m1/s1. The van der Waals surface area contributed by atoms with Crippen LogP contribution in [-0.2, 0) is 36.9 Å². The molecule has 0 bridgehead atoms. The number of nitrogens with one attached hydrogen (secondary N) is 1. The Kier molecular flexibility index (Phi) is 8.77. The van der Waals surface area contributed by atoms with Gasteiger partial charge in [0.1, 0.15) is 23.8 Å². The zero-order valence-electron chi connectivity index (χ0n) is 23.8. The Morgan fingerprint density at radius 3 is 2.38 bits per heavy atom. The molecule has 0 radical (unpaired) electrons. The molecule has 0 aromatic heterocycles. The molecule has 0 aliphatic carbocycles. The van der Waals surface area contributed by atoms with Gasteiger partial charge in [0.25, 0.3) is 0 Å². The van der Waals surface area contributed by atoms with E-state index in [0.29, 0.717) is 26.3 Å². The van der Waals surface area contributed by atoms with E-state index in [0.717, 1.165) is 29.9 Å². The van der Waals surface area contributed by atoms with Gasteiger partial charge in [-0.15, -0.1) is 0 Å². The molecule has 3 heterocycles. The molecule has 12 nitrogen and oxygen atoms in total. The summed E-state index contributed by atoms with van der Waals surface area (Å²) >= 11 is 0. The number of ether oxygens (including phenoxy) is 3. The van der Waals surface area contributed by atoms with Crippen LogP contribution in [0.3, 0.4) is 0 Å². The number of likely N-dealkylation sites (tertiary alicyclic amines) is 1. The molecule has 1 aromatic rings. The average Bonchev–Trinajstić information content (AvgIpc) is 3.50. The van der Waals surface area contributed by atoms with E-state index < -0.39 is 47.9 Å². The van der Waals surface area contributed by atoms with Crippen LogP contribution in [0, 0.1) is 5.92 Å². The molecule has 0 saturated carbocycles. The molecule has 40 heavy (non-hydrogen) atoms. The minimum absolute atomic E-state index is 0.0357. The summed E-state index contributed by atoms with van der Waals surface area (Å²) in [6, 6.07) is 3.98. The summed E-state index contributed by atoms with van der Waals surface area (Å²) in [5.41, 5.74) is 2.41. The Hall–Kier alpha value is -3.54. The van der Waals surface area contributed by atoms with Crippen LogP contribution in [0.25, 0.3) is 0 Å². The molecule has 2 saturated heterocycles. The minimum Gasteiger partial charge on any atom is -0.480 e. The minimum atomic E-state index is -1.20. The predicted octanol–water partition coefficient (Wildman–Crippen LogP) is 2.58. The molecule has 4 rings (SSSR count). The van der Waals surface area contributed by atoms with Crippen molar-refractivity contribution >= 4 is 29.8 Å². The number of carboxylic acids is 1. The van der Waals surface area contributed by atoms with Crippen LogP contribution in [0.15, 0.2) is 18.2 Å². The number of morpholine rings is 1. The van der Waals surface area contributed by atoms with Crippen molar-refractivity contribution < 1.29 is 38.5 Å². The molecule has 2 N–H and O–H groups in total. The van der Waals surface area contributed by atoms with E-state index >= 15 is 0 Å². The van der Waals surface area contributed by atoms with Gasteiger partial charge in [-0.3, -0.25) is 9.69 Å². The molecule has 2 fully saturated rings. The van der Waals surface area contributed by atoms with Crippen molar-refractivity contribution in [2.45, 2.75) is 77.9 Å². The molecule has 3 aliphatic heterocycles. The van der Waals surface area contributed by atoms with Gasteiger partial charge in [-0.25, -0.2) is 14.4 Å². The molecule has 0 unspecified atom stereocenters. The molecular formula is C28H40N4O8. The number of benzene rings is 1. The van der Waals surface area contributed by atoms with Crippen LogP contribution in [0.4, 0.5) is 15.3 Å². The summed E-state index contributed by atoms with van der Waals surface area (Å²) in [7, 11) is 0. The fourth-order valence-electron chi connectivity index (χ4n) is 5.23. The SMILES string of the molecule is CC(C)[C@H](NC(=O)OC(C)(C)C)C(=O)N1C[C@H](OC(=O)N2Cc3ccc(N4CCOCC4)cc3C2)C[C@H]1C(=O)O. The van der Waals surface area contributed by atoms with Crippen LogP contribution in [0.2, 0.25) is 0 Å². The summed E-state index contributed by atoms with van der Waals surface area (Å²) in [4.78, 5) is 55.9. The van der Waals surface area contributed by atoms with E-state index in [9.17, 15) is 24.3 Å². The molecule has 3 amide bonds. The second-order valence-corrected chi connectivity index (χ2v) is 11.9. The molecule has 12 heteroatoms. The highest BCUT2D eigenvalue weighted by Gasteiger charge is 2.45. The lowest BCUT2D eigenvalue weighted by molar-refractivity contribution is -0.149. The normalized spacial score (nSPS) is 21.7. The first-order chi connectivity index (χ1) is 18.8. The van der Waals surface area contributed by atoms with Crippen LogP contribution >= 0.6 is 0 Å². The molecule has 1 aromatic carbocycles. The van der Waals surface area contributed by atoms with Gasteiger partial charge in [-0.1, -0.05) is 19.9 Å². The first kappa shape index (κ1) is 29.4. The first-order valence-corrected chi connectivity index (χ1v) is 13.7. The lowest BCUT2D eigenvalue weighted by Crippen LogP contribution is -2.54. The predicted molar refractivity (Wildman–Crippen MR) is 145 cm³/mol. The van der Waals surface area contributed by atoms with E-state index in [4.69, 9.17) is 14.2 Å². The lowest BCUT2D eigenvalue weighted by atomic mass is 10.0. The first-order valence-electron chi connectivity index (χ1n) is 13.7. The Balaban J connectivity index is 1.38. The average molecular weight is 561 g/mol. The second kappa shape index (κ2) is 11.9. The van der Waals surface area contributed by atoms with Gasteiger partial charge in [0.2, 0.25) is 5.91 Å². The zero-order chi connectivity index (χ0) is 29.2. The highest BCUT2D eigenvalue weighted by Crippen LogP contribution is 2.30. The topological polar surface area (TPSA) is 138 Å². The van der Waals surface area contributed by atoms with E-state index in [1.54, 1.807) is 39.5 Å². The van der Waals surface area contributed by atoms with Crippen molar-refractivity contribution in [3.8, 4) is 0 Å². The van der Waals surface area contributed by atoms with Gasteiger partial charge in [-0.05, 0) is 49.9 Å². The fourth-order valence-corrected chi connectivity index (χ4v) is 5.23. The summed E-state index contributed by atoms with van der Waals surface area (Å²) in [5, 5.41) is 12.4. The number of hydrogen-bond acceptors (Lipinski definition) is 8. The zero-order valence-corrected chi connectivity index (χ0v) is 23.8. The summed E-state index contributed by atoms with van der Waals surface area (Å²) in [6.07, 6.45) is -2.15. The van der Waals surface area contributed by atoms with Gasteiger partial charge >= 0.3 is 18.2 Å². The summed E-state index contributed by atoms with van der Waals surface area (Å²) in [6.45, 7) is 12.3. The number of fused-ring (bicyclic) bond motifs is 1. The third-order valence-electron chi connectivity index (χ3n) is 7.25. The maximum atomic E-state index is 13.4. The maximum absolute atomic E-state index is 13.4. The number of nitrogens with zero attached hydrogens (tertiary/aromatic N) is 3. The monoisotopic (exact) mass is 560 g/mol. The Bertz CT molecular complexity index is 1130. The van der Waals surface area contributed by atoms with E-state index in [2.05, 4.69) is 16.3 Å². The van der Waals surface area contributed by atoms with Crippen LogP contribution < -0.4 is 10.2 Å². The Labute approximate surface area is 234 Å². The lowest BCUT2D eigenvalue weighted by Gasteiger charge is -2.30. The number of rotatable bonds is 6. The third kappa shape index (κ3) is 6.96. The number of hydrogen-bond donors (Lipinski definition) is 2. The molecule has 220 valence electrons. The number of amides is 3. The van der Waals surface area contributed by atoms with E-state index in [1.165, 1.54) is 4.90 Å². The quantitative estimate of drug-likeness (QED) is 0.538. The van der Waals surface area contributed by atoms with Gasteiger partial charge in [0.15, 0.2) is 0 Å². The van der Waals surface area contributed by atoms with Gasteiger partial charge in [0, 0.05) is 38.3 Å². The van der Waals surface area contributed by atoms with Crippen LogP contribution in [0.5, 0.6) is 0 Å². The Morgan fingerprint density at radius 1 is 1.07 bits per heavy atom. The van der Waals surface area contributed by atoms with E-state index in [1.807, 2.05) is 12.1 Å².